The van der Waals surface area contributed by atoms with Crippen LogP contribution in [0.4, 0.5) is 0 Å². The molecule has 4 aliphatic carbocycles. The van der Waals surface area contributed by atoms with Gasteiger partial charge in [0.05, 0.1) is 17.5 Å². The van der Waals surface area contributed by atoms with Crippen molar-refractivity contribution in [2.24, 2.45) is 28.6 Å². The van der Waals surface area contributed by atoms with Crippen molar-refractivity contribution in [3.8, 4) is 5.69 Å². The highest BCUT2D eigenvalue weighted by Crippen LogP contribution is 2.64. The van der Waals surface area contributed by atoms with Gasteiger partial charge in [-0.15, -0.1) is 0 Å². The molecule has 3 fully saturated rings. The molecule has 0 spiro atoms. The fourth-order valence-electron chi connectivity index (χ4n) is 8.30. The number of benzene rings is 1. The van der Waals surface area contributed by atoms with E-state index < -0.39 is 0 Å². The van der Waals surface area contributed by atoms with Crippen LogP contribution in [0.5, 0.6) is 0 Å². The molecule has 0 unspecified atom stereocenters. The summed E-state index contributed by atoms with van der Waals surface area (Å²) in [4.78, 5) is 13.9. The first-order chi connectivity index (χ1) is 16.7. The Balaban J connectivity index is 1.34. The lowest BCUT2D eigenvalue weighted by Gasteiger charge is -2.56. The summed E-state index contributed by atoms with van der Waals surface area (Å²) in [6.07, 6.45) is 11.3. The Kier molecular flexibility index (Phi) is 5.27. The first kappa shape index (κ1) is 23.0. The summed E-state index contributed by atoms with van der Waals surface area (Å²) in [5.74, 6) is 1.96. The molecule has 0 bridgehead atoms. The van der Waals surface area contributed by atoms with Crippen LogP contribution in [0.15, 0.2) is 47.6 Å². The topological polar surface area (TPSA) is 55.1 Å². The van der Waals surface area contributed by atoms with Gasteiger partial charge in [0.25, 0.3) is 0 Å². The number of nitrogens with zero attached hydrogens (tertiary/aromatic N) is 2. The number of hydrogen-bond acceptors (Lipinski definition) is 3. The number of aromatic nitrogens is 2. The molecule has 6 atom stereocenters. The van der Waals surface area contributed by atoms with Crippen LogP contribution in [0.2, 0.25) is 0 Å². The summed E-state index contributed by atoms with van der Waals surface area (Å²) in [5.41, 5.74) is 6.64. The monoisotopic (exact) mass is 470 g/mol. The number of fused-ring (bicyclic) bond motifs is 5. The molecular formula is C31H38N2O2. The van der Waals surface area contributed by atoms with Gasteiger partial charge < -0.3 is 5.11 Å². The summed E-state index contributed by atoms with van der Waals surface area (Å²) >= 11 is 0. The minimum Gasteiger partial charge on any atom is -0.393 e. The molecule has 2 aromatic rings. The Morgan fingerprint density at radius 3 is 2.54 bits per heavy atom. The Hall–Kier alpha value is -2.46. The highest BCUT2D eigenvalue weighted by molar-refractivity contribution is 6.06. The molecule has 6 rings (SSSR count). The molecule has 0 radical (unpaired) electrons. The Morgan fingerprint density at radius 2 is 1.77 bits per heavy atom. The van der Waals surface area contributed by atoms with E-state index in [1.165, 1.54) is 5.57 Å². The molecule has 0 aliphatic heterocycles. The Bertz CT molecular complexity index is 1240. The molecule has 1 heterocycles. The van der Waals surface area contributed by atoms with Gasteiger partial charge in [-0.05, 0) is 106 Å². The number of allylic oxidation sites excluding steroid dienone is 2. The van der Waals surface area contributed by atoms with Crippen LogP contribution < -0.4 is 0 Å². The van der Waals surface area contributed by atoms with E-state index in [2.05, 4.69) is 52.0 Å². The molecule has 184 valence electrons. The molecule has 0 saturated heterocycles. The van der Waals surface area contributed by atoms with Crippen LogP contribution in [0.25, 0.3) is 11.8 Å². The van der Waals surface area contributed by atoms with Gasteiger partial charge in [-0.1, -0.05) is 43.7 Å². The molecule has 1 N–H and O–H groups in total. The zero-order valence-corrected chi connectivity index (χ0v) is 21.6. The third-order valence-corrected chi connectivity index (χ3v) is 10.4. The number of aryl methyl sites for hydroxylation is 1. The van der Waals surface area contributed by atoms with Crippen molar-refractivity contribution in [1.29, 1.82) is 0 Å². The fourth-order valence-corrected chi connectivity index (χ4v) is 8.30. The molecule has 4 heteroatoms. The molecule has 1 aromatic heterocycles. The number of aliphatic hydroxyl groups is 1. The lowest BCUT2D eigenvalue weighted by Crippen LogP contribution is -2.50. The molecular weight excluding hydrogens is 432 g/mol. The predicted molar refractivity (Wildman–Crippen MR) is 139 cm³/mol. The van der Waals surface area contributed by atoms with Gasteiger partial charge in [0, 0.05) is 16.7 Å². The summed E-state index contributed by atoms with van der Waals surface area (Å²) < 4.78 is 2.00. The van der Waals surface area contributed by atoms with Crippen molar-refractivity contribution in [2.45, 2.75) is 78.7 Å². The quantitative estimate of drug-likeness (QED) is 0.409. The maximum Gasteiger partial charge on any atom is 0.165 e. The van der Waals surface area contributed by atoms with Crippen LogP contribution in [0.3, 0.4) is 0 Å². The van der Waals surface area contributed by atoms with Crippen molar-refractivity contribution in [3.05, 3.63) is 64.5 Å². The van der Waals surface area contributed by atoms with Gasteiger partial charge in [-0.2, -0.15) is 5.10 Å². The van der Waals surface area contributed by atoms with E-state index in [-0.39, 0.29) is 16.9 Å². The van der Waals surface area contributed by atoms with E-state index >= 15 is 0 Å². The van der Waals surface area contributed by atoms with E-state index in [9.17, 15) is 9.90 Å². The van der Waals surface area contributed by atoms with Gasteiger partial charge in [-0.25, -0.2) is 4.68 Å². The molecule has 1 aromatic carbocycles. The first-order valence-electron chi connectivity index (χ1n) is 13.5. The van der Waals surface area contributed by atoms with Crippen molar-refractivity contribution in [2.75, 3.05) is 0 Å². The lowest BCUT2D eigenvalue weighted by atomic mass is 9.48. The normalized spacial score (nSPS) is 37.6. The molecule has 4 nitrogen and oxygen atoms in total. The van der Waals surface area contributed by atoms with Gasteiger partial charge in [0.2, 0.25) is 0 Å². The Labute approximate surface area is 209 Å². The zero-order chi connectivity index (χ0) is 24.5. The molecule has 3 saturated carbocycles. The number of para-hydroxylation sites is 1. The van der Waals surface area contributed by atoms with E-state index in [1.807, 2.05) is 22.9 Å². The van der Waals surface area contributed by atoms with Gasteiger partial charge in [-0.3, -0.25) is 4.79 Å². The van der Waals surface area contributed by atoms with E-state index in [0.717, 1.165) is 73.2 Å². The second-order valence-corrected chi connectivity index (χ2v) is 12.1. The maximum atomic E-state index is 13.9. The first-order valence-corrected chi connectivity index (χ1v) is 13.5. The summed E-state index contributed by atoms with van der Waals surface area (Å²) in [6, 6.07) is 10.2. The van der Waals surface area contributed by atoms with Gasteiger partial charge >= 0.3 is 0 Å². The maximum absolute atomic E-state index is 13.9. The van der Waals surface area contributed by atoms with Crippen molar-refractivity contribution >= 4 is 11.9 Å². The van der Waals surface area contributed by atoms with Crippen LogP contribution in [0, 0.1) is 42.4 Å². The average molecular weight is 471 g/mol. The largest absolute Gasteiger partial charge is 0.393 e. The van der Waals surface area contributed by atoms with Crippen LogP contribution in [0.1, 0.15) is 75.7 Å². The zero-order valence-electron chi connectivity index (χ0n) is 21.6. The second kappa shape index (κ2) is 8.03. The average Bonchev–Trinajstić information content (AvgIpc) is 3.28. The summed E-state index contributed by atoms with van der Waals surface area (Å²) in [6.45, 7) is 8.85. The van der Waals surface area contributed by atoms with Gasteiger partial charge in [0.15, 0.2) is 5.78 Å². The summed E-state index contributed by atoms with van der Waals surface area (Å²) in [7, 11) is 0. The number of hydrogen-bond donors (Lipinski definition) is 1. The summed E-state index contributed by atoms with van der Waals surface area (Å²) in [5, 5.41) is 15.1. The lowest BCUT2D eigenvalue weighted by molar-refractivity contribution is -0.130. The van der Waals surface area contributed by atoms with Gasteiger partial charge in [0.1, 0.15) is 0 Å². The highest BCUT2D eigenvalue weighted by atomic mass is 16.3. The van der Waals surface area contributed by atoms with Crippen LogP contribution in [-0.2, 0) is 4.79 Å². The fraction of sp³-hybridized carbons (Fsp3) is 0.548. The van der Waals surface area contributed by atoms with E-state index in [1.54, 1.807) is 0 Å². The second-order valence-electron chi connectivity index (χ2n) is 12.1. The predicted octanol–water partition coefficient (Wildman–Crippen LogP) is 6.38. The molecule has 4 aliphatic rings. The SMILES string of the molecule is Cc1nn(-c2ccccc2)c(C)c1/C=C1\C[C@@H]2[C@H]3CC=C4C[C@@H](O)CC[C@]4(C)[C@@H]3CC[C@@]2(C)C1=O. The number of ketones is 1. The molecule has 0 amide bonds. The number of aliphatic hydroxyl groups excluding tert-OH is 1. The molecule has 35 heavy (non-hydrogen) atoms. The van der Waals surface area contributed by atoms with Crippen molar-refractivity contribution in [3.63, 3.8) is 0 Å². The number of Topliss-reactive ketones (excluding diaryl/α,β-unsaturated/α-hetero) is 1. The standard InChI is InChI=1S/C31H38N2O2/c1-19-26(20(2)33(32-19)23-8-6-5-7-9-23)16-21-17-28-25-11-10-22-18-24(34)12-14-30(22,3)27(25)13-15-31(28,4)29(21)35/h5-10,16,24-25,27-28,34H,11-15,17-18H2,1-4H3/b21-16+/t24-,25-,27+,28+,30-,31+/m0/s1. The van der Waals surface area contributed by atoms with Crippen molar-refractivity contribution < 1.29 is 9.90 Å². The minimum atomic E-state index is -0.250. The van der Waals surface area contributed by atoms with E-state index in [4.69, 9.17) is 5.10 Å². The number of carbonyl (C=O) groups is 1. The minimum absolute atomic E-state index is 0.175. The van der Waals surface area contributed by atoms with Crippen LogP contribution in [-0.4, -0.2) is 26.8 Å². The number of rotatable bonds is 2. The number of carbonyl (C=O) groups excluding carboxylic acids is 1. The van der Waals surface area contributed by atoms with E-state index in [0.29, 0.717) is 23.5 Å². The smallest absolute Gasteiger partial charge is 0.165 e. The third kappa shape index (κ3) is 3.36. The third-order valence-electron chi connectivity index (χ3n) is 10.4. The van der Waals surface area contributed by atoms with Crippen molar-refractivity contribution in [1.82, 2.24) is 9.78 Å². The van der Waals surface area contributed by atoms with Crippen LogP contribution >= 0.6 is 0 Å². The highest BCUT2D eigenvalue weighted by Gasteiger charge is 2.59. The Morgan fingerprint density at radius 1 is 1.03 bits per heavy atom.